The maximum absolute atomic E-state index is 12.7. The van der Waals surface area contributed by atoms with Crippen molar-refractivity contribution in [1.29, 1.82) is 0 Å². The normalized spacial score (nSPS) is 19.4. The number of anilines is 2. The minimum atomic E-state index is -0.0962. The summed E-state index contributed by atoms with van der Waals surface area (Å²) < 4.78 is 1.62. The highest BCUT2D eigenvalue weighted by molar-refractivity contribution is 5.55. The van der Waals surface area contributed by atoms with Gasteiger partial charge in [0.05, 0.1) is 11.4 Å². The average molecular weight is 475 g/mol. The first-order valence-corrected chi connectivity index (χ1v) is 12.3. The van der Waals surface area contributed by atoms with Crippen molar-refractivity contribution in [2.45, 2.75) is 24.9 Å². The van der Waals surface area contributed by atoms with E-state index >= 15 is 0 Å². The summed E-state index contributed by atoms with van der Waals surface area (Å²) in [4.78, 5) is 32.8. The lowest BCUT2D eigenvalue weighted by molar-refractivity contribution is 0.249. The third-order valence-electron chi connectivity index (χ3n) is 7.27. The van der Waals surface area contributed by atoms with Crippen LogP contribution >= 0.6 is 0 Å². The standard InChI is InChI=1S/C26H34N8O/c1-31(2)20-9-13-33(14-10-20)21-6-4-19(5-7-21)24-17-34(15-12-28-24)26-30-23(16-25(35)32(26)3)22-8-11-27-18-29-22/h4-8,11,16,18,20,24,28H,9-10,12-15,17H2,1-3H3/t24-/m1/s1. The van der Waals surface area contributed by atoms with E-state index in [9.17, 15) is 4.79 Å². The number of aromatic nitrogens is 4. The van der Waals surface area contributed by atoms with E-state index < -0.39 is 0 Å². The number of nitrogens with zero attached hydrogens (tertiary/aromatic N) is 7. The number of piperidine rings is 1. The molecule has 0 spiro atoms. The molecular formula is C26H34N8O. The zero-order valence-corrected chi connectivity index (χ0v) is 20.8. The Hall–Kier alpha value is -3.30. The van der Waals surface area contributed by atoms with Crippen LogP contribution in [0.2, 0.25) is 0 Å². The van der Waals surface area contributed by atoms with Crippen LogP contribution in [0.15, 0.2) is 53.7 Å². The molecule has 0 radical (unpaired) electrons. The summed E-state index contributed by atoms with van der Waals surface area (Å²) in [6.45, 7) is 4.53. The molecule has 0 bridgehead atoms. The fraction of sp³-hybridized carbons (Fsp3) is 0.462. The van der Waals surface area contributed by atoms with Crippen LogP contribution in [0.5, 0.6) is 0 Å². The Morgan fingerprint density at radius 3 is 2.46 bits per heavy atom. The fourth-order valence-corrected chi connectivity index (χ4v) is 5.10. The zero-order valence-electron chi connectivity index (χ0n) is 20.8. The molecular weight excluding hydrogens is 440 g/mol. The third kappa shape index (κ3) is 5.06. The molecule has 1 N–H and O–H groups in total. The lowest BCUT2D eigenvalue weighted by Gasteiger charge is -2.37. The number of benzene rings is 1. The Bertz CT molecular complexity index is 1190. The van der Waals surface area contributed by atoms with Gasteiger partial charge in [-0.05, 0) is 50.7 Å². The van der Waals surface area contributed by atoms with Gasteiger partial charge in [-0.3, -0.25) is 9.36 Å². The van der Waals surface area contributed by atoms with Crippen LogP contribution in [0.3, 0.4) is 0 Å². The van der Waals surface area contributed by atoms with Crippen molar-refractivity contribution >= 4 is 11.6 Å². The maximum Gasteiger partial charge on any atom is 0.255 e. The summed E-state index contributed by atoms with van der Waals surface area (Å²) >= 11 is 0. The molecule has 2 saturated heterocycles. The molecule has 0 saturated carbocycles. The summed E-state index contributed by atoms with van der Waals surface area (Å²) in [6.07, 6.45) is 5.54. The molecule has 1 aromatic carbocycles. The Morgan fingerprint density at radius 2 is 1.77 bits per heavy atom. The van der Waals surface area contributed by atoms with Gasteiger partial charge in [0.2, 0.25) is 5.95 Å². The van der Waals surface area contributed by atoms with Crippen molar-refractivity contribution < 1.29 is 0 Å². The Labute approximate surface area is 206 Å². The van der Waals surface area contributed by atoms with Crippen molar-refractivity contribution in [2.24, 2.45) is 7.05 Å². The predicted molar refractivity (Wildman–Crippen MR) is 139 cm³/mol. The van der Waals surface area contributed by atoms with E-state index in [1.165, 1.54) is 36.5 Å². The average Bonchev–Trinajstić information content (AvgIpc) is 2.91. The van der Waals surface area contributed by atoms with Crippen molar-refractivity contribution in [3.63, 3.8) is 0 Å². The highest BCUT2D eigenvalue weighted by Gasteiger charge is 2.25. The number of hydrogen-bond acceptors (Lipinski definition) is 8. The van der Waals surface area contributed by atoms with Crippen molar-refractivity contribution in [1.82, 2.24) is 29.7 Å². The van der Waals surface area contributed by atoms with Gasteiger partial charge in [0.1, 0.15) is 6.33 Å². The minimum absolute atomic E-state index is 0.0962. The van der Waals surface area contributed by atoms with E-state index in [0.29, 0.717) is 23.4 Å². The van der Waals surface area contributed by atoms with Crippen LogP contribution in [0, 0.1) is 0 Å². The molecule has 184 valence electrons. The second-order valence-corrected chi connectivity index (χ2v) is 9.66. The van der Waals surface area contributed by atoms with Crippen LogP contribution in [-0.2, 0) is 7.05 Å². The quantitative estimate of drug-likeness (QED) is 0.601. The van der Waals surface area contributed by atoms with Crippen LogP contribution in [0.1, 0.15) is 24.4 Å². The first-order valence-electron chi connectivity index (χ1n) is 12.3. The van der Waals surface area contributed by atoms with Gasteiger partial charge >= 0.3 is 0 Å². The Balaban J connectivity index is 1.31. The molecule has 2 aliphatic rings. The number of hydrogen-bond donors (Lipinski definition) is 1. The third-order valence-corrected chi connectivity index (χ3v) is 7.27. The molecule has 4 heterocycles. The molecule has 35 heavy (non-hydrogen) atoms. The molecule has 9 heteroatoms. The van der Waals surface area contributed by atoms with Gasteiger partial charge in [-0.15, -0.1) is 0 Å². The lowest BCUT2D eigenvalue weighted by Crippen LogP contribution is -2.47. The van der Waals surface area contributed by atoms with Crippen LogP contribution in [0.25, 0.3) is 11.4 Å². The minimum Gasteiger partial charge on any atom is -0.371 e. The summed E-state index contributed by atoms with van der Waals surface area (Å²) in [7, 11) is 6.13. The topological polar surface area (TPSA) is 82.4 Å². The molecule has 1 atom stereocenters. The van der Waals surface area contributed by atoms with Crippen LogP contribution in [0.4, 0.5) is 11.6 Å². The van der Waals surface area contributed by atoms with E-state index in [1.54, 1.807) is 23.9 Å². The predicted octanol–water partition coefficient (Wildman–Crippen LogP) is 1.92. The van der Waals surface area contributed by atoms with E-state index in [0.717, 1.165) is 32.7 Å². The highest BCUT2D eigenvalue weighted by atomic mass is 16.1. The second-order valence-electron chi connectivity index (χ2n) is 9.66. The van der Waals surface area contributed by atoms with Gasteiger partial charge in [0.15, 0.2) is 0 Å². The van der Waals surface area contributed by atoms with Crippen LogP contribution in [-0.4, -0.2) is 77.3 Å². The SMILES string of the molecule is CN(C)C1CCN(c2ccc([C@H]3CN(c4nc(-c5ccncn5)cc(=O)n4C)CCN3)cc2)CC1. The number of piperazine rings is 1. The van der Waals surface area contributed by atoms with E-state index in [4.69, 9.17) is 4.98 Å². The molecule has 2 aromatic heterocycles. The zero-order chi connectivity index (χ0) is 24.4. The summed E-state index contributed by atoms with van der Waals surface area (Å²) in [5, 5.41) is 3.64. The van der Waals surface area contributed by atoms with Crippen LogP contribution < -0.4 is 20.7 Å². The monoisotopic (exact) mass is 474 g/mol. The lowest BCUT2D eigenvalue weighted by atomic mass is 10.0. The van der Waals surface area contributed by atoms with Crippen molar-refractivity contribution in [3.05, 3.63) is 64.8 Å². The summed E-state index contributed by atoms with van der Waals surface area (Å²) in [6, 6.07) is 13.1. The van der Waals surface area contributed by atoms with E-state index in [1.807, 2.05) is 0 Å². The highest BCUT2D eigenvalue weighted by Crippen LogP contribution is 2.26. The van der Waals surface area contributed by atoms with E-state index in [2.05, 4.69) is 68.3 Å². The van der Waals surface area contributed by atoms with Gasteiger partial charge < -0.3 is 20.0 Å². The molecule has 0 amide bonds. The second kappa shape index (κ2) is 10.1. The summed E-state index contributed by atoms with van der Waals surface area (Å²) in [5.74, 6) is 0.665. The first-order chi connectivity index (χ1) is 17.0. The van der Waals surface area contributed by atoms with Gasteiger partial charge in [0.25, 0.3) is 5.56 Å². The maximum atomic E-state index is 12.7. The van der Waals surface area contributed by atoms with Crippen molar-refractivity contribution in [2.75, 3.05) is 56.6 Å². The van der Waals surface area contributed by atoms with Gasteiger partial charge in [-0.25, -0.2) is 15.0 Å². The van der Waals surface area contributed by atoms with Crippen molar-refractivity contribution in [3.8, 4) is 11.4 Å². The largest absolute Gasteiger partial charge is 0.371 e. The van der Waals surface area contributed by atoms with Gasteiger partial charge in [-0.2, -0.15) is 0 Å². The Kier molecular flexibility index (Phi) is 6.79. The van der Waals surface area contributed by atoms with Gasteiger partial charge in [-0.1, -0.05) is 12.1 Å². The fourth-order valence-electron chi connectivity index (χ4n) is 5.10. The number of nitrogens with one attached hydrogen (secondary N) is 1. The molecule has 2 fully saturated rings. The molecule has 0 unspecified atom stereocenters. The molecule has 5 rings (SSSR count). The molecule has 0 aliphatic carbocycles. The summed E-state index contributed by atoms with van der Waals surface area (Å²) in [5.41, 5.74) is 3.67. The van der Waals surface area contributed by atoms with E-state index in [-0.39, 0.29) is 11.6 Å². The Morgan fingerprint density at radius 1 is 1.00 bits per heavy atom. The van der Waals surface area contributed by atoms with Gasteiger partial charge in [0, 0.05) is 69.8 Å². The smallest absolute Gasteiger partial charge is 0.255 e. The number of rotatable bonds is 5. The molecule has 9 nitrogen and oxygen atoms in total. The molecule has 3 aromatic rings. The molecule has 2 aliphatic heterocycles. The first kappa shape index (κ1) is 23.4.